The summed E-state index contributed by atoms with van der Waals surface area (Å²) in [6, 6.07) is 7.74. The summed E-state index contributed by atoms with van der Waals surface area (Å²) in [5, 5.41) is 5.75. The smallest absolute Gasteiger partial charge is 0.317 e. The number of likely N-dealkylation sites (tertiary alicyclic amines) is 1. The predicted octanol–water partition coefficient (Wildman–Crippen LogP) is 3.23. The molecule has 0 saturated carbocycles. The van der Waals surface area contributed by atoms with Gasteiger partial charge in [0.1, 0.15) is 5.76 Å². The number of carbonyl (C=O) groups excluding carboxylic acids is 2. The van der Waals surface area contributed by atoms with Crippen molar-refractivity contribution in [1.29, 1.82) is 0 Å². The lowest BCUT2D eigenvalue weighted by molar-refractivity contribution is -0.126. The lowest BCUT2D eigenvalue weighted by atomic mass is 9.95. The topological polar surface area (TPSA) is 83.8 Å². The van der Waals surface area contributed by atoms with E-state index in [4.69, 9.17) is 9.15 Å². The number of methoxy groups -OCH3 is 1. The SMILES string of the molecule is COc1ccc([C@H](C)NC(=O)C2CCN(C(=O)NCc3ccco3)CC2)cc1F. The van der Waals surface area contributed by atoms with Crippen LogP contribution >= 0.6 is 0 Å². The van der Waals surface area contributed by atoms with E-state index in [9.17, 15) is 14.0 Å². The Balaban J connectivity index is 1.45. The third-order valence-corrected chi connectivity index (χ3v) is 5.18. The van der Waals surface area contributed by atoms with E-state index in [0.29, 0.717) is 43.8 Å². The summed E-state index contributed by atoms with van der Waals surface area (Å²) in [6.07, 6.45) is 2.74. The Hall–Kier alpha value is -3.03. The van der Waals surface area contributed by atoms with Crippen LogP contribution in [0.25, 0.3) is 0 Å². The molecule has 2 N–H and O–H groups in total. The van der Waals surface area contributed by atoms with Gasteiger partial charge in [0.05, 0.1) is 26.0 Å². The number of hydrogen-bond donors (Lipinski definition) is 2. The predicted molar refractivity (Wildman–Crippen MR) is 105 cm³/mol. The molecule has 2 aromatic rings. The highest BCUT2D eigenvalue weighted by Crippen LogP contribution is 2.23. The zero-order valence-electron chi connectivity index (χ0n) is 16.6. The number of benzene rings is 1. The van der Waals surface area contributed by atoms with Crippen molar-refractivity contribution < 1.29 is 23.1 Å². The Morgan fingerprint density at radius 3 is 2.69 bits per heavy atom. The molecular weight excluding hydrogens is 377 g/mol. The van der Waals surface area contributed by atoms with E-state index < -0.39 is 5.82 Å². The minimum absolute atomic E-state index is 0.0793. The van der Waals surface area contributed by atoms with Crippen LogP contribution in [-0.2, 0) is 11.3 Å². The zero-order valence-corrected chi connectivity index (χ0v) is 16.6. The highest BCUT2D eigenvalue weighted by Gasteiger charge is 2.28. The summed E-state index contributed by atoms with van der Waals surface area (Å²) in [6.45, 7) is 3.17. The molecule has 1 atom stereocenters. The van der Waals surface area contributed by atoms with Crippen LogP contribution in [0.15, 0.2) is 41.0 Å². The molecule has 0 unspecified atom stereocenters. The van der Waals surface area contributed by atoms with Gasteiger partial charge >= 0.3 is 6.03 Å². The van der Waals surface area contributed by atoms with Crippen LogP contribution in [0.5, 0.6) is 5.75 Å². The third-order valence-electron chi connectivity index (χ3n) is 5.18. The molecule has 0 radical (unpaired) electrons. The third kappa shape index (κ3) is 5.28. The van der Waals surface area contributed by atoms with Crippen molar-refractivity contribution >= 4 is 11.9 Å². The van der Waals surface area contributed by atoms with Crippen LogP contribution in [0.1, 0.15) is 37.1 Å². The van der Waals surface area contributed by atoms with E-state index in [2.05, 4.69) is 10.6 Å². The molecule has 1 aromatic carbocycles. The number of ether oxygens (including phenoxy) is 1. The number of nitrogens with one attached hydrogen (secondary N) is 2. The molecule has 29 heavy (non-hydrogen) atoms. The normalized spacial score (nSPS) is 15.6. The highest BCUT2D eigenvalue weighted by molar-refractivity contribution is 5.80. The van der Waals surface area contributed by atoms with Gasteiger partial charge in [0, 0.05) is 19.0 Å². The van der Waals surface area contributed by atoms with Crippen molar-refractivity contribution in [2.24, 2.45) is 5.92 Å². The number of urea groups is 1. The van der Waals surface area contributed by atoms with Crippen molar-refractivity contribution in [1.82, 2.24) is 15.5 Å². The molecule has 2 heterocycles. The van der Waals surface area contributed by atoms with Gasteiger partial charge in [-0.05, 0) is 49.6 Å². The molecule has 1 fully saturated rings. The first-order chi connectivity index (χ1) is 14.0. The number of carbonyl (C=O) groups is 2. The quantitative estimate of drug-likeness (QED) is 0.776. The first kappa shape index (κ1) is 20.7. The van der Waals surface area contributed by atoms with Crippen LogP contribution in [0.3, 0.4) is 0 Å². The number of halogens is 1. The Kier molecular flexibility index (Phi) is 6.74. The number of nitrogens with zero attached hydrogens (tertiary/aromatic N) is 1. The fraction of sp³-hybridized carbons (Fsp3) is 0.429. The van der Waals surface area contributed by atoms with Crippen LogP contribution in [-0.4, -0.2) is 37.0 Å². The second-order valence-electron chi connectivity index (χ2n) is 7.12. The second kappa shape index (κ2) is 9.45. The Morgan fingerprint density at radius 1 is 1.31 bits per heavy atom. The van der Waals surface area contributed by atoms with Crippen LogP contribution in [0, 0.1) is 11.7 Å². The van der Waals surface area contributed by atoms with Crippen molar-refractivity contribution in [3.8, 4) is 5.75 Å². The summed E-state index contributed by atoms with van der Waals surface area (Å²) >= 11 is 0. The lowest BCUT2D eigenvalue weighted by Crippen LogP contribution is -2.46. The average molecular weight is 403 g/mol. The van der Waals surface area contributed by atoms with Gasteiger partial charge < -0.3 is 24.7 Å². The Bertz CT molecular complexity index is 832. The van der Waals surface area contributed by atoms with Gasteiger partial charge in [0.25, 0.3) is 0 Å². The Labute approximate surface area is 169 Å². The van der Waals surface area contributed by atoms with Gasteiger partial charge in [0.2, 0.25) is 5.91 Å². The molecule has 7 nitrogen and oxygen atoms in total. The number of rotatable bonds is 6. The summed E-state index contributed by atoms with van der Waals surface area (Å²) in [5.74, 6) is 0.153. The summed E-state index contributed by atoms with van der Waals surface area (Å²) in [4.78, 5) is 26.5. The molecule has 0 bridgehead atoms. The van der Waals surface area contributed by atoms with Gasteiger partial charge in [-0.25, -0.2) is 9.18 Å². The van der Waals surface area contributed by atoms with E-state index in [0.717, 1.165) is 0 Å². The minimum Gasteiger partial charge on any atom is -0.494 e. The standard InChI is InChI=1S/C21H26FN3O4/c1-14(16-5-6-19(28-2)18(22)12-16)24-20(26)15-7-9-25(10-8-15)21(27)23-13-17-4-3-11-29-17/h3-6,11-12,14-15H,7-10,13H2,1-2H3,(H,23,27)(H,24,26)/t14-/m0/s1. The van der Waals surface area contributed by atoms with Crippen molar-refractivity contribution in [2.75, 3.05) is 20.2 Å². The fourth-order valence-electron chi connectivity index (χ4n) is 3.40. The van der Waals surface area contributed by atoms with Crippen LogP contribution < -0.4 is 15.4 Å². The molecular formula is C21H26FN3O4. The van der Waals surface area contributed by atoms with Gasteiger partial charge in [-0.15, -0.1) is 0 Å². The van der Waals surface area contributed by atoms with Gasteiger partial charge in [0.15, 0.2) is 11.6 Å². The Morgan fingerprint density at radius 2 is 2.07 bits per heavy atom. The largest absolute Gasteiger partial charge is 0.494 e. The first-order valence-electron chi connectivity index (χ1n) is 9.67. The van der Waals surface area contributed by atoms with E-state index in [-0.39, 0.29) is 29.6 Å². The average Bonchev–Trinajstić information content (AvgIpc) is 3.25. The van der Waals surface area contributed by atoms with Crippen molar-refractivity contribution in [3.05, 3.63) is 53.7 Å². The number of hydrogen-bond acceptors (Lipinski definition) is 4. The highest BCUT2D eigenvalue weighted by atomic mass is 19.1. The van der Waals surface area contributed by atoms with Crippen molar-refractivity contribution in [3.63, 3.8) is 0 Å². The van der Waals surface area contributed by atoms with E-state index in [1.54, 1.807) is 35.4 Å². The van der Waals surface area contributed by atoms with Crippen LogP contribution in [0.4, 0.5) is 9.18 Å². The summed E-state index contributed by atoms with van der Waals surface area (Å²) in [5.41, 5.74) is 0.673. The molecule has 1 aliphatic heterocycles. The molecule has 3 rings (SSSR count). The maximum atomic E-state index is 13.9. The van der Waals surface area contributed by atoms with Gasteiger partial charge in [-0.1, -0.05) is 6.07 Å². The zero-order chi connectivity index (χ0) is 20.8. The molecule has 3 amide bonds. The molecule has 1 aliphatic rings. The van der Waals surface area contributed by atoms with E-state index in [1.165, 1.54) is 13.2 Å². The molecule has 1 saturated heterocycles. The number of piperidine rings is 1. The molecule has 0 aliphatic carbocycles. The first-order valence-corrected chi connectivity index (χ1v) is 9.67. The number of furan rings is 1. The molecule has 156 valence electrons. The van der Waals surface area contributed by atoms with Crippen LogP contribution in [0.2, 0.25) is 0 Å². The summed E-state index contributed by atoms with van der Waals surface area (Å²) in [7, 11) is 1.41. The molecule has 1 aromatic heterocycles. The lowest BCUT2D eigenvalue weighted by Gasteiger charge is -2.32. The summed E-state index contributed by atoms with van der Waals surface area (Å²) < 4.78 is 24.0. The molecule has 8 heteroatoms. The fourth-order valence-corrected chi connectivity index (χ4v) is 3.40. The maximum absolute atomic E-state index is 13.9. The molecule has 0 spiro atoms. The van der Waals surface area contributed by atoms with Gasteiger partial charge in [-0.2, -0.15) is 0 Å². The van der Waals surface area contributed by atoms with Crippen molar-refractivity contribution in [2.45, 2.75) is 32.4 Å². The monoisotopic (exact) mass is 403 g/mol. The van der Waals surface area contributed by atoms with E-state index in [1.807, 2.05) is 6.92 Å². The van der Waals surface area contributed by atoms with Gasteiger partial charge in [-0.3, -0.25) is 4.79 Å². The second-order valence-corrected chi connectivity index (χ2v) is 7.12. The van der Waals surface area contributed by atoms with E-state index >= 15 is 0 Å². The number of amides is 3. The minimum atomic E-state index is -0.458. The maximum Gasteiger partial charge on any atom is 0.317 e.